The van der Waals surface area contributed by atoms with Crippen molar-refractivity contribution in [2.45, 2.75) is 38.0 Å². The van der Waals surface area contributed by atoms with Crippen LogP contribution in [0.5, 0.6) is 0 Å². The molecule has 1 amide bonds. The van der Waals surface area contributed by atoms with E-state index in [1.807, 2.05) is 30.3 Å². The summed E-state index contributed by atoms with van der Waals surface area (Å²) in [6.45, 7) is 1.93. The zero-order valence-electron chi connectivity index (χ0n) is 16.6. The third-order valence-corrected chi connectivity index (χ3v) is 6.03. The van der Waals surface area contributed by atoms with E-state index in [4.69, 9.17) is 32.7 Å². The third kappa shape index (κ3) is 4.34. The number of halogens is 2. The number of rotatable bonds is 6. The molecule has 1 saturated carbocycles. The lowest BCUT2D eigenvalue weighted by molar-refractivity contribution is -0.174. The SMILES string of the molecule is CCOC(=O)[C@H](C1CC1)N1C(=O)CO[C@H](c2cccc(Cl)c2)[C@@H]1c1ccc(Cl)cc1. The van der Waals surface area contributed by atoms with Gasteiger partial charge in [0.25, 0.3) is 0 Å². The molecule has 0 aromatic heterocycles. The third-order valence-electron chi connectivity index (χ3n) is 5.55. The lowest BCUT2D eigenvalue weighted by atomic mass is 9.90. The second kappa shape index (κ2) is 8.96. The Morgan fingerprint density at radius 2 is 1.87 bits per heavy atom. The summed E-state index contributed by atoms with van der Waals surface area (Å²) >= 11 is 12.3. The first-order chi connectivity index (χ1) is 14.5. The summed E-state index contributed by atoms with van der Waals surface area (Å²) in [6.07, 6.45) is 1.31. The second-order valence-electron chi connectivity index (χ2n) is 7.62. The van der Waals surface area contributed by atoms with Crippen molar-refractivity contribution in [3.8, 4) is 0 Å². The van der Waals surface area contributed by atoms with Gasteiger partial charge in [-0.2, -0.15) is 0 Å². The minimum Gasteiger partial charge on any atom is -0.464 e. The molecule has 3 atom stereocenters. The quantitative estimate of drug-likeness (QED) is 0.586. The van der Waals surface area contributed by atoms with Crippen LogP contribution in [0, 0.1) is 5.92 Å². The molecule has 0 spiro atoms. The van der Waals surface area contributed by atoms with E-state index in [1.54, 1.807) is 30.0 Å². The Labute approximate surface area is 185 Å². The molecule has 0 radical (unpaired) electrons. The van der Waals surface area contributed by atoms with E-state index >= 15 is 0 Å². The van der Waals surface area contributed by atoms with Crippen LogP contribution in [0.1, 0.15) is 43.0 Å². The molecule has 158 valence electrons. The Morgan fingerprint density at radius 3 is 2.50 bits per heavy atom. The number of nitrogens with zero attached hydrogens (tertiary/aromatic N) is 1. The van der Waals surface area contributed by atoms with Crippen LogP contribution in [0.2, 0.25) is 10.0 Å². The molecule has 0 unspecified atom stereocenters. The number of carbonyl (C=O) groups is 2. The van der Waals surface area contributed by atoms with Crippen LogP contribution < -0.4 is 0 Å². The van der Waals surface area contributed by atoms with Crippen molar-refractivity contribution >= 4 is 35.1 Å². The monoisotopic (exact) mass is 447 g/mol. The number of ether oxygens (including phenoxy) is 2. The Balaban J connectivity index is 1.81. The molecule has 7 heteroatoms. The maximum atomic E-state index is 13.1. The molecule has 1 saturated heterocycles. The molecule has 0 bridgehead atoms. The van der Waals surface area contributed by atoms with Gasteiger partial charge in [-0.25, -0.2) is 4.79 Å². The van der Waals surface area contributed by atoms with E-state index in [1.165, 1.54) is 0 Å². The summed E-state index contributed by atoms with van der Waals surface area (Å²) < 4.78 is 11.4. The highest BCUT2D eigenvalue weighted by molar-refractivity contribution is 6.30. The fourth-order valence-corrected chi connectivity index (χ4v) is 4.41. The summed E-state index contributed by atoms with van der Waals surface area (Å²) in [7, 11) is 0. The Kier molecular flexibility index (Phi) is 6.32. The molecule has 5 nitrogen and oxygen atoms in total. The number of hydrogen-bond donors (Lipinski definition) is 0. The molecule has 1 heterocycles. The summed E-state index contributed by atoms with van der Waals surface area (Å²) in [4.78, 5) is 27.7. The average molecular weight is 448 g/mol. The van der Waals surface area contributed by atoms with Gasteiger partial charge in [0.1, 0.15) is 18.8 Å². The van der Waals surface area contributed by atoms with Crippen molar-refractivity contribution in [1.82, 2.24) is 4.90 Å². The first-order valence-corrected chi connectivity index (χ1v) is 10.9. The largest absolute Gasteiger partial charge is 0.464 e. The molecule has 30 heavy (non-hydrogen) atoms. The van der Waals surface area contributed by atoms with Gasteiger partial charge in [0.2, 0.25) is 5.91 Å². The van der Waals surface area contributed by atoms with E-state index < -0.39 is 18.2 Å². The van der Waals surface area contributed by atoms with Gasteiger partial charge in [0, 0.05) is 10.0 Å². The van der Waals surface area contributed by atoms with Crippen molar-refractivity contribution in [1.29, 1.82) is 0 Å². The van der Waals surface area contributed by atoms with Gasteiger partial charge < -0.3 is 14.4 Å². The van der Waals surface area contributed by atoms with Crippen molar-refractivity contribution in [2.75, 3.05) is 13.2 Å². The van der Waals surface area contributed by atoms with Crippen LogP contribution >= 0.6 is 23.2 Å². The molecule has 1 aliphatic carbocycles. The van der Waals surface area contributed by atoms with Gasteiger partial charge in [-0.15, -0.1) is 0 Å². The van der Waals surface area contributed by atoms with Crippen molar-refractivity contribution < 1.29 is 19.1 Å². The second-order valence-corrected chi connectivity index (χ2v) is 8.49. The van der Waals surface area contributed by atoms with Crippen LogP contribution in [0.15, 0.2) is 48.5 Å². The van der Waals surface area contributed by atoms with Crippen molar-refractivity contribution in [3.05, 3.63) is 69.7 Å². The highest BCUT2D eigenvalue weighted by Gasteiger charge is 2.50. The number of benzene rings is 2. The van der Waals surface area contributed by atoms with Crippen LogP contribution in [-0.4, -0.2) is 36.0 Å². The maximum Gasteiger partial charge on any atom is 0.329 e. The minimum atomic E-state index is -0.635. The zero-order chi connectivity index (χ0) is 21.3. The van der Waals surface area contributed by atoms with Gasteiger partial charge in [0.05, 0.1) is 12.6 Å². The molecule has 2 aliphatic rings. The topological polar surface area (TPSA) is 55.8 Å². The lowest BCUT2D eigenvalue weighted by Crippen LogP contribution is -2.54. The number of carbonyl (C=O) groups excluding carboxylic acids is 2. The summed E-state index contributed by atoms with van der Waals surface area (Å²) in [5.74, 6) is -0.488. The lowest BCUT2D eigenvalue weighted by Gasteiger charge is -2.44. The molecule has 2 aromatic rings. The molecule has 1 aliphatic heterocycles. The predicted octanol–water partition coefficient (Wildman–Crippen LogP) is 4.98. The van der Waals surface area contributed by atoms with Gasteiger partial charge in [-0.05, 0) is 61.1 Å². The van der Waals surface area contributed by atoms with Crippen LogP contribution in [-0.2, 0) is 19.1 Å². The molecule has 0 N–H and O–H groups in total. The summed E-state index contributed by atoms with van der Waals surface area (Å²) in [5.41, 5.74) is 1.69. The van der Waals surface area contributed by atoms with Crippen LogP contribution in [0.25, 0.3) is 0 Å². The van der Waals surface area contributed by atoms with Gasteiger partial charge in [-0.3, -0.25) is 4.79 Å². The average Bonchev–Trinajstić information content (AvgIpc) is 3.55. The molecule has 2 fully saturated rings. The van der Waals surface area contributed by atoms with Crippen molar-refractivity contribution in [3.63, 3.8) is 0 Å². The van der Waals surface area contributed by atoms with Gasteiger partial charge in [0.15, 0.2) is 0 Å². The summed E-state index contributed by atoms with van der Waals surface area (Å²) in [5, 5.41) is 1.18. The van der Waals surface area contributed by atoms with E-state index in [9.17, 15) is 9.59 Å². The highest BCUT2D eigenvalue weighted by Crippen LogP contribution is 2.46. The molecule has 2 aromatic carbocycles. The number of morpholine rings is 1. The van der Waals surface area contributed by atoms with E-state index in [0.717, 1.165) is 24.0 Å². The van der Waals surface area contributed by atoms with E-state index in [2.05, 4.69) is 0 Å². The Morgan fingerprint density at radius 1 is 1.13 bits per heavy atom. The number of esters is 1. The first-order valence-electron chi connectivity index (χ1n) is 10.1. The van der Waals surface area contributed by atoms with Crippen molar-refractivity contribution in [2.24, 2.45) is 5.92 Å². The molecule has 4 rings (SSSR count). The molecular weight excluding hydrogens is 425 g/mol. The standard InChI is InChI=1S/C23H23Cl2NO4/c1-2-29-23(28)21(15-6-7-15)26-19(27)13-30-22(16-4-3-5-18(25)12-16)20(26)14-8-10-17(24)11-9-14/h3-5,8-12,15,20-22H,2,6-7,13H2,1H3/t20-,21-,22+/m0/s1. The summed E-state index contributed by atoms with van der Waals surface area (Å²) in [6, 6.07) is 13.6. The fraction of sp³-hybridized carbons (Fsp3) is 0.391. The predicted molar refractivity (Wildman–Crippen MR) is 114 cm³/mol. The highest BCUT2D eigenvalue weighted by atomic mass is 35.5. The fourth-order valence-electron chi connectivity index (χ4n) is 4.09. The van der Waals surface area contributed by atoms with Crippen LogP contribution in [0.4, 0.5) is 0 Å². The van der Waals surface area contributed by atoms with Crippen LogP contribution in [0.3, 0.4) is 0 Å². The van der Waals surface area contributed by atoms with Gasteiger partial charge in [-0.1, -0.05) is 47.5 Å². The Bertz CT molecular complexity index is 929. The minimum absolute atomic E-state index is 0.0981. The number of hydrogen-bond acceptors (Lipinski definition) is 4. The van der Waals surface area contributed by atoms with E-state index in [-0.39, 0.29) is 31.0 Å². The zero-order valence-corrected chi connectivity index (χ0v) is 18.1. The number of amides is 1. The first kappa shape index (κ1) is 21.2. The molecular formula is C23H23Cl2NO4. The maximum absolute atomic E-state index is 13.1. The normalized spacial score (nSPS) is 22.6. The van der Waals surface area contributed by atoms with E-state index in [0.29, 0.717) is 10.0 Å². The Hall–Kier alpha value is -2.08. The smallest absolute Gasteiger partial charge is 0.329 e. The van der Waals surface area contributed by atoms with Gasteiger partial charge >= 0.3 is 5.97 Å².